The molecule has 1 aliphatic carbocycles. The highest BCUT2D eigenvalue weighted by atomic mass is 32.2. The number of hydrogen-bond acceptors (Lipinski definition) is 5. The summed E-state index contributed by atoms with van der Waals surface area (Å²) in [7, 11) is -3.76. The number of nitriles is 1. The first-order valence-electron chi connectivity index (χ1n) is 16.5. The summed E-state index contributed by atoms with van der Waals surface area (Å²) < 4.78 is 32.1. The van der Waals surface area contributed by atoms with Crippen molar-refractivity contribution in [1.82, 2.24) is 4.57 Å². The Morgan fingerprint density at radius 2 is 1.32 bits per heavy atom. The summed E-state index contributed by atoms with van der Waals surface area (Å²) in [6, 6.07) is 47.8. The Bertz CT molecular complexity index is 2960. The summed E-state index contributed by atoms with van der Waals surface area (Å²) in [5.41, 5.74) is 7.16. The maximum atomic E-state index is 13.6. The lowest BCUT2D eigenvalue weighted by atomic mass is 9.90. The zero-order valence-corrected chi connectivity index (χ0v) is 28.2. The fourth-order valence-electron chi connectivity index (χ4n) is 7.88. The molecule has 6 aromatic carbocycles. The molecule has 238 valence electrons. The first kappa shape index (κ1) is 29.0. The summed E-state index contributed by atoms with van der Waals surface area (Å²) in [4.78, 5) is 2.77. The molecule has 0 amide bonds. The van der Waals surface area contributed by atoms with E-state index in [9.17, 15) is 13.7 Å². The van der Waals surface area contributed by atoms with Gasteiger partial charge >= 0.3 is 0 Å². The molecule has 1 aliphatic heterocycles. The van der Waals surface area contributed by atoms with E-state index >= 15 is 0 Å². The predicted molar refractivity (Wildman–Crippen MR) is 203 cm³/mol. The number of anilines is 2. The van der Waals surface area contributed by atoms with Crippen molar-refractivity contribution in [3.8, 4) is 11.8 Å². The quantitative estimate of drug-likeness (QED) is 0.187. The number of hydrogen-bond donors (Lipinski definition) is 0. The van der Waals surface area contributed by atoms with Crippen molar-refractivity contribution < 1.29 is 8.42 Å². The summed E-state index contributed by atoms with van der Waals surface area (Å²) in [6.45, 7) is 0. The van der Waals surface area contributed by atoms with Gasteiger partial charge in [-0.3, -0.25) is 0 Å². The van der Waals surface area contributed by atoms with Crippen molar-refractivity contribution in [2.45, 2.75) is 21.8 Å². The third-order valence-corrected chi connectivity index (χ3v) is 13.1. The second-order valence-electron chi connectivity index (χ2n) is 12.8. The van der Waals surface area contributed by atoms with Gasteiger partial charge in [-0.25, -0.2) is 8.42 Å². The molecule has 0 spiro atoms. The number of sulfone groups is 1. The number of benzene rings is 6. The molecular weight excluding hydrogens is 655 g/mol. The summed E-state index contributed by atoms with van der Waals surface area (Å²) in [6.07, 6.45) is 4.85. The second kappa shape index (κ2) is 10.8. The standard InChI is InChI=1S/C43H27N3O2S2/c44-26-27-14-18-30(19-15-27)50(47,48)31-20-16-29(17-21-31)46-40-22-34-32-10-4-6-12-38(32)45(28-8-2-1-3-9-28)39(34)23-35(40)36-25-43-37(24-41(36)46)33-11-5-7-13-42(33)49-43/h1-25,36,41H. The minimum absolute atomic E-state index is 0.000523. The Morgan fingerprint density at radius 3 is 2.08 bits per heavy atom. The first-order chi connectivity index (χ1) is 24.5. The molecule has 2 unspecified atom stereocenters. The molecule has 2 aromatic heterocycles. The fraction of sp³-hybridized carbons (Fsp3) is 0.0465. The molecule has 0 N–H and O–H groups in total. The molecule has 3 heterocycles. The molecule has 2 atom stereocenters. The van der Waals surface area contributed by atoms with Crippen molar-refractivity contribution >= 4 is 76.6 Å². The highest BCUT2D eigenvalue weighted by molar-refractivity contribution is 7.91. The molecule has 0 radical (unpaired) electrons. The molecule has 5 nitrogen and oxygen atoms in total. The van der Waals surface area contributed by atoms with Gasteiger partial charge in [0.05, 0.1) is 38.5 Å². The number of para-hydroxylation sites is 2. The van der Waals surface area contributed by atoms with E-state index in [0.29, 0.717) is 5.56 Å². The highest BCUT2D eigenvalue weighted by Gasteiger charge is 2.39. The van der Waals surface area contributed by atoms with Crippen molar-refractivity contribution in [2.24, 2.45) is 0 Å². The van der Waals surface area contributed by atoms with Crippen LogP contribution >= 0.6 is 11.3 Å². The van der Waals surface area contributed by atoms with Crippen LogP contribution in [0.3, 0.4) is 0 Å². The van der Waals surface area contributed by atoms with Crippen LogP contribution in [0.1, 0.15) is 17.0 Å². The Hall–Kier alpha value is -5.94. The Kier molecular flexibility index (Phi) is 6.26. The van der Waals surface area contributed by atoms with Gasteiger partial charge in [0.1, 0.15) is 0 Å². The zero-order chi connectivity index (χ0) is 33.6. The summed E-state index contributed by atoms with van der Waals surface area (Å²) >= 11 is 1.84. The average Bonchev–Trinajstić information content (AvgIpc) is 3.80. The van der Waals surface area contributed by atoms with Gasteiger partial charge in [0, 0.05) is 48.4 Å². The number of aromatic nitrogens is 1. The van der Waals surface area contributed by atoms with E-state index in [2.05, 4.69) is 113 Å². The maximum absolute atomic E-state index is 13.6. The van der Waals surface area contributed by atoms with Crippen LogP contribution < -0.4 is 14.7 Å². The maximum Gasteiger partial charge on any atom is 0.206 e. The normalized spacial score (nSPS) is 16.4. The van der Waals surface area contributed by atoms with Crippen molar-refractivity contribution in [3.05, 3.63) is 160 Å². The average molecular weight is 682 g/mol. The molecule has 2 aliphatic rings. The number of thiophene rings is 1. The molecule has 8 aromatic rings. The van der Waals surface area contributed by atoms with Crippen LogP contribution in [0.5, 0.6) is 0 Å². The fourth-order valence-corrected chi connectivity index (χ4v) is 10.3. The van der Waals surface area contributed by atoms with Crippen LogP contribution in [-0.2, 0) is 9.84 Å². The Labute approximate surface area is 292 Å². The lowest BCUT2D eigenvalue weighted by Gasteiger charge is -2.29. The van der Waals surface area contributed by atoms with Gasteiger partial charge in [0.2, 0.25) is 9.84 Å². The highest BCUT2D eigenvalue weighted by Crippen LogP contribution is 2.50. The van der Waals surface area contributed by atoms with Crippen LogP contribution in [0.4, 0.5) is 11.4 Å². The van der Waals surface area contributed by atoms with Gasteiger partial charge in [0.25, 0.3) is 0 Å². The first-order valence-corrected chi connectivity index (χ1v) is 18.8. The second-order valence-corrected chi connectivity index (χ2v) is 15.9. The smallest absolute Gasteiger partial charge is 0.206 e. The molecule has 0 saturated carbocycles. The lowest BCUT2D eigenvalue weighted by molar-refractivity contribution is 0.596. The van der Waals surface area contributed by atoms with E-state index in [-0.39, 0.29) is 21.8 Å². The lowest BCUT2D eigenvalue weighted by Crippen LogP contribution is -2.36. The van der Waals surface area contributed by atoms with Crippen molar-refractivity contribution in [2.75, 3.05) is 4.90 Å². The number of nitrogens with zero attached hydrogens (tertiary/aromatic N) is 3. The largest absolute Gasteiger partial charge is 0.333 e. The van der Waals surface area contributed by atoms with Gasteiger partial charge < -0.3 is 9.47 Å². The minimum Gasteiger partial charge on any atom is -0.333 e. The van der Waals surface area contributed by atoms with Crippen molar-refractivity contribution in [3.63, 3.8) is 0 Å². The molecule has 0 bridgehead atoms. The Balaban J connectivity index is 1.19. The molecule has 0 fully saturated rings. The van der Waals surface area contributed by atoms with Crippen LogP contribution in [0.25, 0.3) is 49.7 Å². The number of fused-ring (bicyclic) bond motifs is 9. The van der Waals surface area contributed by atoms with E-state index in [4.69, 9.17) is 0 Å². The van der Waals surface area contributed by atoms with Gasteiger partial charge in [-0.05, 0) is 95.7 Å². The predicted octanol–water partition coefficient (Wildman–Crippen LogP) is 8.58. The van der Waals surface area contributed by atoms with Gasteiger partial charge in [-0.1, -0.05) is 66.7 Å². The minimum atomic E-state index is -3.76. The van der Waals surface area contributed by atoms with Gasteiger partial charge in [0.15, 0.2) is 0 Å². The molecule has 0 saturated heterocycles. The van der Waals surface area contributed by atoms with Crippen LogP contribution in [-0.4, -0.2) is 19.0 Å². The molecular formula is C43H27N3O2S2. The zero-order valence-electron chi connectivity index (χ0n) is 26.6. The van der Waals surface area contributed by atoms with Crippen LogP contribution in [0.2, 0.25) is 0 Å². The summed E-state index contributed by atoms with van der Waals surface area (Å²) in [5, 5.41) is 14.1. The summed E-state index contributed by atoms with van der Waals surface area (Å²) in [5.74, 6) is 0.0965. The van der Waals surface area contributed by atoms with Gasteiger partial charge in [-0.15, -0.1) is 11.3 Å². The number of rotatable bonds is 4. The van der Waals surface area contributed by atoms with Gasteiger partial charge in [-0.2, -0.15) is 5.26 Å². The topological polar surface area (TPSA) is 66.1 Å². The molecule has 50 heavy (non-hydrogen) atoms. The molecule has 7 heteroatoms. The third kappa shape index (κ3) is 4.19. The van der Waals surface area contributed by atoms with E-state index in [1.807, 2.05) is 29.5 Å². The monoisotopic (exact) mass is 681 g/mol. The van der Waals surface area contributed by atoms with E-state index in [0.717, 1.165) is 28.1 Å². The SMILES string of the molecule is N#Cc1ccc(S(=O)(=O)c2ccc(N3c4cc5c6ccccc6n(-c6ccccc6)c5cc4C4C=c5sc6ccccc6c5=CC43)cc2)cc1. The van der Waals surface area contributed by atoms with Crippen LogP contribution in [0, 0.1) is 11.3 Å². The van der Waals surface area contributed by atoms with Crippen LogP contribution in [0.15, 0.2) is 149 Å². The van der Waals surface area contributed by atoms with E-state index in [1.165, 1.54) is 60.4 Å². The van der Waals surface area contributed by atoms with E-state index < -0.39 is 9.84 Å². The Morgan fingerprint density at radius 1 is 0.640 bits per heavy atom. The third-order valence-electron chi connectivity index (χ3n) is 10.2. The van der Waals surface area contributed by atoms with E-state index in [1.54, 1.807) is 12.1 Å². The van der Waals surface area contributed by atoms with Crippen molar-refractivity contribution in [1.29, 1.82) is 5.26 Å². The molecule has 10 rings (SSSR count).